The van der Waals surface area contributed by atoms with Crippen LogP contribution in [-0.2, 0) is 6.54 Å². The van der Waals surface area contributed by atoms with E-state index in [0.29, 0.717) is 11.6 Å². The average molecular weight is 471 g/mol. The van der Waals surface area contributed by atoms with E-state index in [1.807, 2.05) is 54.7 Å². The molecule has 1 atom stereocenters. The number of rotatable bonds is 9. The van der Waals surface area contributed by atoms with Gasteiger partial charge < -0.3 is 9.88 Å². The molecule has 31 heavy (non-hydrogen) atoms. The Bertz CT molecular complexity index is 1150. The predicted molar refractivity (Wildman–Crippen MR) is 133 cm³/mol. The molecule has 7 heteroatoms. The lowest BCUT2D eigenvalue weighted by molar-refractivity contribution is 0.692. The molecule has 0 fully saturated rings. The third-order valence-electron chi connectivity index (χ3n) is 4.93. The van der Waals surface area contributed by atoms with Gasteiger partial charge in [-0.3, -0.25) is 0 Å². The summed E-state index contributed by atoms with van der Waals surface area (Å²) in [4.78, 5) is 9.66. The fourth-order valence-electron chi connectivity index (χ4n) is 3.30. The topological polar surface area (TPSA) is 42.7 Å². The van der Waals surface area contributed by atoms with Gasteiger partial charge in [0.25, 0.3) is 0 Å². The van der Waals surface area contributed by atoms with Crippen molar-refractivity contribution < 1.29 is 0 Å². The summed E-state index contributed by atoms with van der Waals surface area (Å²) < 4.78 is 2.11. The number of hydrogen-bond acceptors (Lipinski definition) is 4. The number of anilines is 2. The van der Waals surface area contributed by atoms with Crippen molar-refractivity contribution in [2.45, 2.75) is 36.8 Å². The largest absolute Gasteiger partial charge is 0.339 e. The molecule has 4 aromatic rings. The molecule has 2 heterocycles. The number of fused-ring (bicyclic) bond motifs is 1. The fraction of sp³-hybridized carbons (Fsp3) is 0.250. The third-order valence-corrected chi connectivity index (χ3v) is 6.49. The Morgan fingerprint density at radius 3 is 2.68 bits per heavy atom. The highest BCUT2D eigenvalue weighted by atomic mass is 35.5. The first-order valence-corrected chi connectivity index (χ1v) is 12.2. The minimum Gasteiger partial charge on any atom is -0.339 e. The van der Waals surface area contributed by atoms with E-state index >= 15 is 0 Å². The third kappa shape index (κ3) is 5.53. The summed E-state index contributed by atoms with van der Waals surface area (Å²) in [5.41, 5.74) is 2.86. The lowest BCUT2D eigenvalue weighted by Gasteiger charge is -2.13. The van der Waals surface area contributed by atoms with E-state index in [9.17, 15) is 0 Å². The molecule has 4 rings (SSSR count). The predicted octanol–water partition coefficient (Wildman–Crippen LogP) is 7.70. The molecule has 1 unspecified atom stereocenters. The number of hydrogen-bond donors (Lipinski definition) is 1. The molecule has 4 nitrogen and oxygen atoms in total. The smallest absolute Gasteiger partial charge is 0.191 e. The first-order valence-electron chi connectivity index (χ1n) is 10.4. The molecular weight excluding hydrogens is 447 g/mol. The van der Waals surface area contributed by atoms with E-state index in [2.05, 4.69) is 28.9 Å². The maximum Gasteiger partial charge on any atom is 0.191 e. The Balaban J connectivity index is 1.68. The summed E-state index contributed by atoms with van der Waals surface area (Å²) in [7, 11) is 0. The Labute approximate surface area is 197 Å². The van der Waals surface area contributed by atoms with Crippen LogP contribution in [0.25, 0.3) is 11.0 Å². The van der Waals surface area contributed by atoms with Crippen LogP contribution in [-0.4, -0.2) is 20.3 Å². The second kappa shape index (κ2) is 10.4. The van der Waals surface area contributed by atoms with E-state index in [1.165, 1.54) is 0 Å². The van der Waals surface area contributed by atoms with Gasteiger partial charge in [-0.25, -0.2) is 9.97 Å². The molecule has 0 aliphatic carbocycles. The molecule has 160 valence electrons. The van der Waals surface area contributed by atoms with Crippen molar-refractivity contribution in [1.82, 2.24) is 14.5 Å². The first kappa shape index (κ1) is 22.0. The number of thioether (sulfide) groups is 1. The van der Waals surface area contributed by atoms with E-state index in [-0.39, 0.29) is 5.38 Å². The molecule has 2 aromatic carbocycles. The van der Waals surface area contributed by atoms with Crippen LogP contribution >= 0.6 is 35.0 Å². The number of benzene rings is 2. The molecule has 0 spiro atoms. The number of alkyl halides is 1. The summed E-state index contributed by atoms with van der Waals surface area (Å²) in [6.45, 7) is 2.81. The highest BCUT2D eigenvalue weighted by Crippen LogP contribution is 2.31. The van der Waals surface area contributed by atoms with Crippen LogP contribution in [0.2, 0.25) is 5.02 Å². The van der Waals surface area contributed by atoms with Crippen LogP contribution in [0.3, 0.4) is 0 Å². The number of halogens is 2. The van der Waals surface area contributed by atoms with E-state index in [1.54, 1.807) is 11.8 Å². The van der Waals surface area contributed by atoms with E-state index in [0.717, 1.165) is 51.9 Å². The molecule has 1 N–H and O–H groups in total. The average Bonchev–Trinajstić information content (AvgIpc) is 3.17. The van der Waals surface area contributed by atoms with Gasteiger partial charge in [-0.05, 0) is 36.2 Å². The van der Waals surface area contributed by atoms with Crippen LogP contribution < -0.4 is 5.32 Å². The molecule has 0 aliphatic heterocycles. The Morgan fingerprint density at radius 1 is 1.06 bits per heavy atom. The summed E-state index contributed by atoms with van der Waals surface area (Å²) in [5.74, 6) is 1.76. The Kier molecular flexibility index (Phi) is 7.38. The first-order chi connectivity index (χ1) is 15.1. The zero-order valence-electron chi connectivity index (χ0n) is 17.3. The van der Waals surface area contributed by atoms with Crippen molar-refractivity contribution in [3.63, 3.8) is 0 Å². The standard InChI is InChI=1S/C24H24Cl2N4S/c1-2-3-14-31-24-28-22(27-19-11-7-10-18(25)15-19)20-12-13-30(23(20)29-24)16-21(26)17-8-5-4-6-9-17/h4-13,15,21H,2-3,14,16H2,1H3,(H,27,28,29). The number of nitrogens with one attached hydrogen (secondary N) is 1. The lowest BCUT2D eigenvalue weighted by atomic mass is 10.1. The van der Waals surface area contributed by atoms with Crippen molar-refractivity contribution in [3.8, 4) is 0 Å². The second-order valence-corrected chi connectivity index (χ2v) is 9.30. The van der Waals surface area contributed by atoms with Crippen LogP contribution in [0.5, 0.6) is 0 Å². The lowest BCUT2D eigenvalue weighted by Crippen LogP contribution is -2.06. The normalized spacial score (nSPS) is 12.2. The van der Waals surface area contributed by atoms with Gasteiger partial charge in [-0.2, -0.15) is 0 Å². The SMILES string of the molecule is CCCCSc1nc(Nc2cccc(Cl)c2)c2ccn(CC(Cl)c3ccccc3)c2n1. The molecule has 0 aliphatic rings. The highest BCUT2D eigenvalue weighted by molar-refractivity contribution is 7.99. The molecule has 0 radical (unpaired) electrons. The summed E-state index contributed by atoms with van der Waals surface area (Å²) in [6.07, 6.45) is 4.30. The van der Waals surface area contributed by atoms with Gasteiger partial charge in [0.15, 0.2) is 5.16 Å². The minimum absolute atomic E-state index is 0.146. The maximum atomic E-state index is 6.73. The fourth-order valence-corrected chi connectivity index (χ4v) is 4.71. The Hall–Kier alpha value is -2.21. The highest BCUT2D eigenvalue weighted by Gasteiger charge is 2.16. The van der Waals surface area contributed by atoms with Crippen LogP contribution in [0.15, 0.2) is 72.0 Å². The number of aromatic nitrogens is 3. The summed E-state index contributed by atoms with van der Waals surface area (Å²) in [5, 5.41) is 5.67. The van der Waals surface area contributed by atoms with E-state index in [4.69, 9.17) is 33.2 Å². The molecule has 0 bridgehead atoms. The van der Waals surface area contributed by atoms with Gasteiger partial charge in [-0.15, -0.1) is 11.6 Å². The van der Waals surface area contributed by atoms with Gasteiger partial charge >= 0.3 is 0 Å². The van der Waals surface area contributed by atoms with Crippen molar-refractivity contribution in [3.05, 3.63) is 77.4 Å². The summed E-state index contributed by atoms with van der Waals surface area (Å²) in [6, 6.07) is 19.8. The van der Waals surface area contributed by atoms with Gasteiger partial charge in [0.05, 0.1) is 10.8 Å². The molecular formula is C24H24Cl2N4S. The van der Waals surface area contributed by atoms with Crippen LogP contribution in [0, 0.1) is 0 Å². The quantitative estimate of drug-likeness (QED) is 0.118. The minimum atomic E-state index is -0.146. The van der Waals surface area contributed by atoms with Crippen LogP contribution in [0.1, 0.15) is 30.7 Å². The van der Waals surface area contributed by atoms with Crippen molar-refractivity contribution >= 4 is 57.5 Å². The van der Waals surface area contributed by atoms with Crippen molar-refractivity contribution in [1.29, 1.82) is 0 Å². The van der Waals surface area contributed by atoms with Crippen LogP contribution in [0.4, 0.5) is 11.5 Å². The monoisotopic (exact) mass is 470 g/mol. The zero-order chi connectivity index (χ0) is 21.6. The van der Waals surface area contributed by atoms with Gasteiger partial charge in [0.1, 0.15) is 11.5 Å². The molecule has 0 amide bonds. The molecule has 0 saturated heterocycles. The number of nitrogens with zero attached hydrogens (tertiary/aromatic N) is 3. The zero-order valence-corrected chi connectivity index (χ0v) is 19.6. The van der Waals surface area contributed by atoms with Gasteiger partial charge in [-0.1, -0.05) is 73.1 Å². The Morgan fingerprint density at radius 2 is 1.90 bits per heavy atom. The maximum absolute atomic E-state index is 6.73. The van der Waals surface area contributed by atoms with Crippen molar-refractivity contribution in [2.75, 3.05) is 11.1 Å². The van der Waals surface area contributed by atoms with E-state index < -0.39 is 0 Å². The van der Waals surface area contributed by atoms with Crippen molar-refractivity contribution in [2.24, 2.45) is 0 Å². The molecule has 0 saturated carbocycles. The molecule has 2 aromatic heterocycles. The van der Waals surface area contributed by atoms with Gasteiger partial charge in [0, 0.05) is 29.2 Å². The summed E-state index contributed by atoms with van der Waals surface area (Å²) >= 11 is 14.6. The number of unbranched alkanes of at least 4 members (excludes halogenated alkanes) is 1. The second-order valence-electron chi connectivity index (χ2n) is 7.28. The van der Waals surface area contributed by atoms with Gasteiger partial charge in [0.2, 0.25) is 0 Å².